The number of carbonyl (C=O) groups is 1. The molecule has 6 rings (SSSR count). The zero-order chi connectivity index (χ0) is 28.7. The number of ether oxygens (including phenoxy) is 1. The van der Waals surface area contributed by atoms with Crippen molar-refractivity contribution in [3.05, 3.63) is 82.4 Å². The lowest BCUT2D eigenvalue weighted by Gasteiger charge is -2.29. The first-order valence-electron chi connectivity index (χ1n) is 14.8. The molecule has 1 atom stereocenters. The number of imidazole rings is 2. The fourth-order valence-corrected chi connectivity index (χ4v) is 6.63. The average Bonchev–Trinajstić information content (AvgIpc) is 3.64. The molecule has 9 nitrogen and oxygen atoms in total. The number of carbonyl (C=O) groups excluding carboxylic acids is 1. The zero-order valence-electron chi connectivity index (χ0n) is 24.5. The number of aromatic nitrogens is 5. The van der Waals surface area contributed by atoms with E-state index in [0.29, 0.717) is 18.2 Å². The molecule has 1 aliphatic carbocycles. The molecule has 1 unspecified atom stereocenters. The molecule has 2 fully saturated rings. The summed E-state index contributed by atoms with van der Waals surface area (Å²) >= 11 is 0. The van der Waals surface area contributed by atoms with Gasteiger partial charge >= 0.3 is 11.7 Å². The van der Waals surface area contributed by atoms with Crippen LogP contribution < -0.4 is 5.69 Å². The molecule has 1 saturated carbocycles. The summed E-state index contributed by atoms with van der Waals surface area (Å²) in [6.45, 7) is 7.74. The molecule has 1 saturated heterocycles. The fourth-order valence-electron chi connectivity index (χ4n) is 6.63. The summed E-state index contributed by atoms with van der Waals surface area (Å²) in [4.78, 5) is 38.2. The van der Waals surface area contributed by atoms with Crippen LogP contribution in [-0.2, 0) is 18.3 Å². The number of esters is 1. The van der Waals surface area contributed by atoms with E-state index in [2.05, 4.69) is 40.2 Å². The molecular weight excluding hydrogens is 516 g/mol. The van der Waals surface area contributed by atoms with Gasteiger partial charge in [-0.05, 0) is 76.5 Å². The summed E-state index contributed by atoms with van der Waals surface area (Å²) in [5.74, 6) is 0.982. The molecule has 0 N–H and O–H groups in total. The summed E-state index contributed by atoms with van der Waals surface area (Å²) in [5.41, 5.74) is 3.04. The average molecular weight is 557 g/mol. The van der Waals surface area contributed by atoms with Crippen LogP contribution in [0.3, 0.4) is 0 Å². The van der Waals surface area contributed by atoms with Crippen molar-refractivity contribution in [2.45, 2.75) is 83.0 Å². The Morgan fingerprint density at radius 2 is 1.71 bits per heavy atom. The highest BCUT2D eigenvalue weighted by Gasteiger charge is 2.32. The standard InChI is InChI=1S/C32H40N6O3/c1-32(2,3)41-30(39)27-19-34-28(35(27)4)21-36-18-16-25(20-36)38-29-26(11-8-17-33-29)37(31(38)40)24-14-12-23(13-15-24)22-9-6-5-7-10-22/h5-11,17,19,23-25H,12-16,18,20-21H2,1-4H3. The van der Waals surface area contributed by atoms with E-state index >= 15 is 0 Å². The number of nitrogens with zero attached hydrogens (tertiary/aromatic N) is 6. The van der Waals surface area contributed by atoms with E-state index in [4.69, 9.17) is 9.72 Å². The minimum atomic E-state index is -0.564. The van der Waals surface area contributed by atoms with Crippen molar-refractivity contribution in [1.29, 1.82) is 0 Å². The molecule has 0 bridgehead atoms. The molecular formula is C32H40N6O3. The Balaban J connectivity index is 1.19. The van der Waals surface area contributed by atoms with Gasteiger partial charge in [0.15, 0.2) is 5.65 Å². The SMILES string of the molecule is Cn1c(C(=O)OC(C)(C)C)cnc1CN1CCC(n2c(=O)n(C3CCC(c4ccccc4)CC3)c3cccnc32)C1. The van der Waals surface area contributed by atoms with Gasteiger partial charge in [-0.2, -0.15) is 0 Å². The van der Waals surface area contributed by atoms with Gasteiger partial charge in [-0.25, -0.2) is 19.6 Å². The van der Waals surface area contributed by atoms with Crippen molar-refractivity contribution in [3.63, 3.8) is 0 Å². The van der Waals surface area contributed by atoms with Crippen LogP contribution in [0, 0.1) is 0 Å². The van der Waals surface area contributed by atoms with E-state index in [1.54, 1.807) is 12.4 Å². The minimum Gasteiger partial charge on any atom is -0.455 e. The molecule has 0 radical (unpaired) electrons. The summed E-state index contributed by atoms with van der Waals surface area (Å²) in [7, 11) is 1.85. The lowest BCUT2D eigenvalue weighted by Crippen LogP contribution is -2.32. The van der Waals surface area contributed by atoms with Crippen LogP contribution in [0.15, 0.2) is 59.7 Å². The van der Waals surface area contributed by atoms with Gasteiger partial charge in [-0.15, -0.1) is 0 Å². The van der Waals surface area contributed by atoms with Gasteiger partial charge in [-0.1, -0.05) is 30.3 Å². The molecule has 4 heterocycles. The Morgan fingerprint density at radius 3 is 2.44 bits per heavy atom. The van der Waals surface area contributed by atoms with Gasteiger partial charge in [0, 0.05) is 32.4 Å². The van der Waals surface area contributed by atoms with Crippen molar-refractivity contribution in [2.75, 3.05) is 13.1 Å². The molecule has 41 heavy (non-hydrogen) atoms. The predicted octanol–water partition coefficient (Wildman–Crippen LogP) is 5.23. The molecule has 0 amide bonds. The van der Waals surface area contributed by atoms with Crippen molar-refractivity contribution in [3.8, 4) is 0 Å². The maximum atomic E-state index is 14.0. The van der Waals surface area contributed by atoms with Crippen molar-refractivity contribution >= 4 is 17.1 Å². The first-order valence-corrected chi connectivity index (χ1v) is 14.8. The zero-order valence-corrected chi connectivity index (χ0v) is 24.5. The second-order valence-electron chi connectivity index (χ2n) is 12.6. The molecule has 4 aromatic rings. The number of pyridine rings is 1. The third-order valence-corrected chi connectivity index (χ3v) is 8.67. The minimum absolute atomic E-state index is 0.0346. The monoisotopic (exact) mass is 556 g/mol. The highest BCUT2D eigenvalue weighted by Crippen LogP contribution is 2.39. The molecule has 1 aliphatic heterocycles. The molecule has 1 aromatic carbocycles. The van der Waals surface area contributed by atoms with E-state index in [1.807, 2.05) is 53.7 Å². The molecule has 9 heteroatoms. The number of rotatable bonds is 6. The van der Waals surface area contributed by atoms with Gasteiger partial charge in [-0.3, -0.25) is 14.0 Å². The first-order chi connectivity index (χ1) is 19.7. The van der Waals surface area contributed by atoms with Gasteiger partial charge in [0.25, 0.3) is 0 Å². The molecule has 216 valence electrons. The number of fused-ring (bicyclic) bond motifs is 1. The Morgan fingerprint density at radius 1 is 0.951 bits per heavy atom. The Hall–Kier alpha value is -3.72. The normalized spacial score (nSPS) is 21.9. The first kappa shape index (κ1) is 27.4. The summed E-state index contributed by atoms with van der Waals surface area (Å²) in [5, 5.41) is 0. The molecule has 3 aromatic heterocycles. The van der Waals surface area contributed by atoms with Gasteiger partial charge in [0.1, 0.15) is 17.1 Å². The van der Waals surface area contributed by atoms with Crippen LogP contribution in [0.4, 0.5) is 0 Å². The van der Waals surface area contributed by atoms with Crippen molar-refractivity contribution in [2.24, 2.45) is 7.05 Å². The van der Waals surface area contributed by atoms with E-state index < -0.39 is 5.60 Å². The van der Waals surface area contributed by atoms with Crippen LogP contribution in [0.25, 0.3) is 11.2 Å². The van der Waals surface area contributed by atoms with E-state index in [1.165, 1.54) is 5.56 Å². The summed E-state index contributed by atoms with van der Waals surface area (Å²) < 4.78 is 11.3. The van der Waals surface area contributed by atoms with Crippen LogP contribution in [0.5, 0.6) is 0 Å². The van der Waals surface area contributed by atoms with Crippen molar-refractivity contribution < 1.29 is 9.53 Å². The summed E-state index contributed by atoms with van der Waals surface area (Å²) in [6, 6.07) is 14.9. The van der Waals surface area contributed by atoms with E-state index in [9.17, 15) is 9.59 Å². The highest BCUT2D eigenvalue weighted by molar-refractivity contribution is 5.87. The number of hydrogen-bond donors (Lipinski definition) is 0. The largest absolute Gasteiger partial charge is 0.455 e. The number of benzene rings is 1. The topological polar surface area (TPSA) is 87.2 Å². The maximum absolute atomic E-state index is 14.0. The second kappa shape index (κ2) is 10.9. The van der Waals surface area contributed by atoms with Gasteiger partial charge < -0.3 is 9.30 Å². The molecule has 2 aliphatic rings. The lowest BCUT2D eigenvalue weighted by molar-refractivity contribution is 0.00584. The van der Waals surface area contributed by atoms with Gasteiger partial charge in [0.2, 0.25) is 0 Å². The van der Waals surface area contributed by atoms with Crippen LogP contribution in [0.2, 0.25) is 0 Å². The number of hydrogen-bond acceptors (Lipinski definition) is 6. The smallest absolute Gasteiger partial charge is 0.357 e. The third-order valence-electron chi connectivity index (χ3n) is 8.67. The summed E-state index contributed by atoms with van der Waals surface area (Å²) in [6.07, 6.45) is 8.38. The van der Waals surface area contributed by atoms with Crippen LogP contribution in [-0.4, -0.2) is 53.2 Å². The number of likely N-dealkylation sites (tertiary alicyclic amines) is 1. The van der Waals surface area contributed by atoms with Crippen molar-refractivity contribution in [1.82, 2.24) is 28.6 Å². The quantitative estimate of drug-likeness (QED) is 0.302. The highest BCUT2D eigenvalue weighted by atomic mass is 16.6. The van der Waals surface area contributed by atoms with E-state index in [0.717, 1.165) is 62.2 Å². The second-order valence-corrected chi connectivity index (χ2v) is 12.6. The Bertz CT molecular complexity index is 1590. The molecule has 0 spiro atoms. The Kier molecular flexibility index (Phi) is 7.32. The van der Waals surface area contributed by atoms with Gasteiger partial charge in [0.05, 0.1) is 24.3 Å². The third kappa shape index (κ3) is 5.47. The van der Waals surface area contributed by atoms with Crippen LogP contribution in [0.1, 0.15) is 92.8 Å². The lowest BCUT2D eigenvalue weighted by atomic mass is 9.81. The Labute approximate surface area is 240 Å². The van der Waals surface area contributed by atoms with Crippen LogP contribution >= 0.6 is 0 Å². The van der Waals surface area contributed by atoms with E-state index in [-0.39, 0.29) is 23.7 Å². The fraction of sp³-hybridized carbons (Fsp3) is 0.500. The predicted molar refractivity (Wildman–Crippen MR) is 158 cm³/mol. The maximum Gasteiger partial charge on any atom is 0.357 e.